The number of nitriles is 1. The van der Waals surface area contributed by atoms with E-state index in [0.717, 1.165) is 24.8 Å². The number of benzene rings is 1. The van der Waals surface area contributed by atoms with Crippen LogP contribution in [-0.4, -0.2) is 10.7 Å². The second-order valence-electron chi connectivity index (χ2n) is 5.12. The third-order valence-corrected chi connectivity index (χ3v) is 3.91. The summed E-state index contributed by atoms with van der Waals surface area (Å²) in [5.74, 6) is -0.285. The molecular weight excluding hydrogens is 217 g/mol. The predicted octanol–water partition coefficient (Wildman–Crippen LogP) is 2.81. The summed E-state index contributed by atoms with van der Waals surface area (Å²) in [6.45, 7) is 1.71. The van der Waals surface area contributed by atoms with Gasteiger partial charge in [0.05, 0.1) is 17.1 Å². The molecule has 1 atom stereocenters. The summed E-state index contributed by atoms with van der Waals surface area (Å²) in [6, 6.07) is 8.34. The zero-order valence-corrected chi connectivity index (χ0v) is 9.91. The molecule has 0 radical (unpaired) electrons. The van der Waals surface area contributed by atoms with E-state index in [0.29, 0.717) is 6.42 Å². The highest BCUT2D eigenvalue weighted by atomic mass is 19.1. The van der Waals surface area contributed by atoms with Crippen LogP contribution in [0.4, 0.5) is 4.39 Å². The van der Waals surface area contributed by atoms with E-state index < -0.39 is 11.0 Å². The Bertz CT molecular complexity index is 440. The van der Waals surface area contributed by atoms with Gasteiger partial charge in [-0.1, -0.05) is 18.6 Å². The lowest BCUT2D eigenvalue weighted by Crippen LogP contribution is -2.51. The topological polar surface area (TPSA) is 44.0 Å². The van der Waals surface area contributed by atoms with Gasteiger partial charge in [0.2, 0.25) is 0 Å². The molecule has 1 saturated carbocycles. The Morgan fingerprint density at radius 3 is 2.41 bits per heavy atom. The van der Waals surface area contributed by atoms with Gasteiger partial charge in [-0.15, -0.1) is 0 Å². The molecule has 17 heavy (non-hydrogen) atoms. The first-order valence-electron chi connectivity index (χ1n) is 5.87. The van der Waals surface area contributed by atoms with Gasteiger partial charge in [-0.3, -0.25) is 0 Å². The summed E-state index contributed by atoms with van der Waals surface area (Å²) < 4.78 is 12.8. The van der Waals surface area contributed by atoms with Crippen LogP contribution in [0.2, 0.25) is 0 Å². The largest absolute Gasteiger partial charge is 0.388 e. The number of halogens is 1. The summed E-state index contributed by atoms with van der Waals surface area (Å²) in [4.78, 5) is 0. The molecule has 0 spiro atoms. The fraction of sp³-hybridized carbons (Fsp3) is 0.500. The number of hydrogen-bond acceptors (Lipinski definition) is 2. The van der Waals surface area contributed by atoms with Crippen molar-refractivity contribution < 1.29 is 9.50 Å². The van der Waals surface area contributed by atoms with Crippen molar-refractivity contribution in [1.82, 2.24) is 0 Å². The van der Waals surface area contributed by atoms with Crippen LogP contribution in [0, 0.1) is 22.6 Å². The third kappa shape index (κ3) is 2.05. The molecule has 1 aromatic carbocycles. The van der Waals surface area contributed by atoms with Crippen LogP contribution in [0.1, 0.15) is 31.7 Å². The zero-order chi connectivity index (χ0) is 12.5. The van der Waals surface area contributed by atoms with Crippen molar-refractivity contribution in [2.75, 3.05) is 0 Å². The van der Waals surface area contributed by atoms with E-state index in [-0.39, 0.29) is 5.82 Å². The van der Waals surface area contributed by atoms with Crippen LogP contribution in [0.3, 0.4) is 0 Å². The van der Waals surface area contributed by atoms with Gasteiger partial charge in [0, 0.05) is 6.42 Å². The van der Waals surface area contributed by atoms with E-state index in [2.05, 4.69) is 6.07 Å². The van der Waals surface area contributed by atoms with Crippen LogP contribution < -0.4 is 0 Å². The molecule has 90 valence electrons. The molecule has 0 amide bonds. The Labute approximate surface area is 101 Å². The van der Waals surface area contributed by atoms with E-state index >= 15 is 0 Å². The van der Waals surface area contributed by atoms with E-state index in [1.54, 1.807) is 19.1 Å². The molecule has 1 aliphatic rings. The quantitative estimate of drug-likeness (QED) is 0.872. The van der Waals surface area contributed by atoms with E-state index in [1.165, 1.54) is 12.1 Å². The maximum Gasteiger partial charge on any atom is 0.123 e. The van der Waals surface area contributed by atoms with Crippen molar-refractivity contribution in [3.05, 3.63) is 35.6 Å². The molecule has 1 fully saturated rings. The Kier molecular flexibility index (Phi) is 2.92. The summed E-state index contributed by atoms with van der Waals surface area (Å²) in [6.07, 6.45) is 2.88. The molecule has 1 N–H and O–H groups in total. The van der Waals surface area contributed by atoms with E-state index in [9.17, 15) is 14.8 Å². The van der Waals surface area contributed by atoms with E-state index in [1.807, 2.05) is 0 Å². The zero-order valence-electron chi connectivity index (χ0n) is 9.91. The molecule has 1 unspecified atom stereocenters. The number of aliphatic hydroxyl groups is 1. The minimum absolute atomic E-state index is 0.285. The average Bonchev–Trinajstić information content (AvgIpc) is 2.20. The first kappa shape index (κ1) is 12.1. The van der Waals surface area contributed by atoms with Gasteiger partial charge >= 0.3 is 0 Å². The molecule has 1 aromatic rings. The highest BCUT2D eigenvalue weighted by Crippen LogP contribution is 2.49. The Morgan fingerprint density at radius 2 is 2.00 bits per heavy atom. The van der Waals surface area contributed by atoms with E-state index in [4.69, 9.17) is 0 Å². The average molecular weight is 233 g/mol. The third-order valence-electron chi connectivity index (χ3n) is 3.91. The van der Waals surface area contributed by atoms with Gasteiger partial charge in [-0.05, 0) is 37.5 Å². The van der Waals surface area contributed by atoms with Crippen molar-refractivity contribution in [1.29, 1.82) is 5.26 Å². The Balaban J connectivity index is 2.17. The lowest BCUT2D eigenvalue weighted by molar-refractivity contribution is -0.0790. The van der Waals surface area contributed by atoms with Gasteiger partial charge in [-0.2, -0.15) is 5.26 Å². The van der Waals surface area contributed by atoms with Crippen LogP contribution in [0.15, 0.2) is 24.3 Å². The highest BCUT2D eigenvalue weighted by molar-refractivity contribution is 5.23. The lowest BCUT2D eigenvalue weighted by Gasteiger charge is -2.46. The van der Waals surface area contributed by atoms with Crippen LogP contribution in [0.25, 0.3) is 0 Å². The van der Waals surface area contributed by atoms with Gasteiger partial charge in [0.1, 0.15) is 5.82 Å². The molecule has 2 rings (SSSR count). The van der Waals surface area contributed by atoms with Crippen LogP contribution in [-0.2, 0) is 6.42 Å². The van der Waals surface area contributed by atoms with Gasteiger partial charge in [-0.25, -0.2) is 4.39 Å². The fourth-order valence-corrected chi connectivity index (χ4v) is 2.47. The number of nitrogens with zero attached hydrogens (tertiary/aromatic N) is 1. The monoisotopic (exact) mass is 233 g/mol. The highest BCUT2D eigenvalue weighted by Gasteiger charge is 2.51. The SMILES string of the molecule is CC(O)(Cc1ccc(F)cc1)C1(C#N)CCC1. The normalized spacial score (nSPS) is 21.1. The molecule has 0 saturated heterocycles. The molecule has 3 heteroatoms. The molecule has 0 bridgehead atoms. The Morgan fingerprint density at radius 1 is 1.41 bits per heavy atom. The predicted molar refractivity (Wildman–Crippen MR) is 62.6 cm³/mol. The summed E-state index contributed by atoms with van der Waals surface area (Å²) in [7, 11) is 0. The molecule has 2 nitrogen and oxygen atoms in total. The fourth-order valence-electron chi connectivity index (χ4n) is 2.47. The molecule has 1 aliphatic carbocycles. The number of hydrogen-bond donors (Lipinski definition) is 1. The van der Waals surface area contributed by atoms with Crippen molar-refractivity contribution >= 4 is 0 Å². The van der Waals surface area contributed by atoms with Gasteiger partial charge in [0.15, 0.2) is 0 Å². The molecular formula is C14H16FNO. The molecule has 0 aliphatic heterocycles. The minimum Gasteiger partial charge on any atom is -0.388 e. The molecule has 0 heterocycles. The first-order valence-corrected chi connectivity index (χ1v) is 5.87. The Hall–Kier alpha value is -1.40. The van der Waals surface area contributed by atoms with Crippen molar-refractivity contribution in [3.8, 4) is 6.07 Å². The second kappa shape index (κ2) is 4.12. The van der Waals surface area contributed by atoms with Crippen molar-refractivity contribution in [3.63, 3.8) is 0 Å². The van der Waals surface area contributed by atoms with Crippen molar-refractivity contribution in [2.24, 2.45) is 5.41 Å². The van der Waals surface area contributed by atoms with Crippen molar-refractivity contribution in [2.45, 2.75) is 38.2 Å². The minimum atomic E-state index is -1.04. The maximum atomic E-state index is 12.8. The number of rotatable bonds is 3. The van der Waals surface area contributed by atoms with Crippen LogP contribution in [0.5, 0.6) is 0 Å². The summed E-state index contributed by atoms with van der Waals surface area (Å²) >= 11 is 0. The summed E-state index contributed by atoms with van der Waals surface area (Å²) in [5, 5.41) is 19.7. The lowest BCUT2D eigenvalue weighted by atomic mass is 9.58. The van der Waals surface area contributed by atoms with Gasteiger partial charge < -0.3 is 5.11 Å². The standard InChI is InChI=1S/C14H16FNO/c1-13(17,14(10-16)7-2-8-14)9-11-3-5-12(15)6-4-11/h3-6,17H,2,7-9H2,1H3. The maximum absolute atomic E-state index is 12.8. The van der Waals surface area contributed by atoms with Gasteiger partial charge in [0.25, 0.3) is 0 Å². The van der Waals surface area contributed by atoms with Crippen LogP contribution >= 0.6 is 0 Å². The summed E-state index contributed by atoms with van der Waals surface area (Å²) in [5.41, 5.74) is -0.808. The smallest absolute Gasteiger partial charge is 0.123 e. The molecule has 0 aromatic heterocycles. The first-order chi connectivity index (χ1) is 7.99. The second-order valence-corrected chi connectivity index (χ2v) is 5.12.